The Kier molecular flexibility index (Phi) is 2.61. The molecule has 5 N–H and O–H groups in total. The molecule has 0 radical (unpaired) electrons. The van der Waals surface area contributed by atoms with Crippen LogP contribution >= 0.6 is 0 Å². The summed E-state index contributed by atoms with van der Waals surface area (Å²) in [5.74, 6) is -1.36. The van der Waals surface area contributed by atoms with Crippen molar-refractivity contribution < 1.29 is 18.3 Å². The molecule has 0 saturated heterocycles. The van der Waals surface area contributed by atoms with E-state index in [4.69, 9.17) is 16.6 Å². The van der Waals surface area contributed by atoms with Gasteiger partial charge >= 0.3 is 5.97 Å². The maximum atomic E-state index is 10.7. The molecule has 0 bridgehead atoms. The van der Waals surface area contributed by atoms with Gasteiger partial charge in [-0.3, -0.25) is 0 Å². The Labute approximate surface area is 81.1 Å². The van der Waals surface area contributed by atoms with Gasteiger partial charge in [0.25, 0.3) is 0 Å². The Balaban J connectivity index is 3.62. The Hall–Kier alpha value is -1.76. The molecule has 0 aliphatic heterocycles. The lowest BCUT2D eigenvalue weighted by Gasteiger charge is -2.05. The summed E-state index contributed by atoms with van der Waals surface area (Å²) in [6, 6.07) is 2.36. The molecule has 6 nitrogen and oxygen atoms in total. The third-order valence-corrected chi connectivity index (χ3v) is 2.51. The van der Waals surface area contributed by atoms with Crippen molar-refractivity contribution in [2.75, 3.05) is 11.5 Å². The van der Waals surface area contributed by atoms with Crippen LogP contribution in [0.4, 0.5) is 11.4 Å². The number of thiol groups is 1. The summed E-state index contributed by atoms with van der Waals surface area (Å²) in [6.07, 6.45) is 0. The van der Waals surface area contributed by atoms with E-state index in [-0.39, 0.29) is 16.9 Å². The molecule has 0 spiro atoms. The summed E-state index contributed by atoms with van der Waals surface area (Å²) in [5, 5.41) is 8.67. The number of nitrogen functional groups attached to an aromatic ring is 2. The quantitative estimate of drug-likeness (QED) is 0.391. The predicted octanol–water partition coefficient (Wildman–Crippen LogP) is -0.480. The second-order valence-corrected chi connectivity index (χ2v) is 3.49. The number of hydrogen-bond acceptors (Lipinski definition) is 5. The van der Waals surface area contributed by atoms with E-state index in [0.717, 1.165) is 6.07 Å². The fourth-order valence-corrected chi connectivity index (χ4v) is 1.69. The topological polar surface area (TPSA) is 123 Å². The number of rotatable bonds is 2. The summed E-state index contributed by atoms with van der Waals surface area (Å²) in [7, 11) is -3.07. The Morgan fingerprint density at radius 3 is 2.29 bits per heavy atom. The molecule has 0 atom stereocenters. The number of carboxylic acid groups (broad SMARTS) is 1. The SMILES string of the molecule is Nc1ccc(C(=O)O)c([SH](=O)=O)c1N. The zero-order valence-corrected chi connectivity index (χ0v) is 7.82. The maximum Gasteiger partial charge on any atom is 0.337 e. The minimum atomic E-state index is -3.07. The zero-order chi connectivity index (χ0) is 10.9. The minimum Gasteiger partial charge on any atom is -0.478 e. The van der Waals surface area contributed by atoms with E-state index in [1.165, 1.54) is 6.07 Å². The Morgan fingerprint density at radius 2 is 1.86 bits per heavy atom. The lowest BCUT2D eigenvalue weighted by molar-refractivity contribution is 0.0693. The van der Waals surface area contributed by atoms with Crippen molar-refractivity contribution >= 4 is 28.0 Å². The van der Waals surface area contributed by atoms with E-state index in [2.05, 4.69) is 0 Å². The number of aromatic carboxylic acids is 1. The van der Waals surface area contributed by atoms with Gasteiger partial charge in [0, 0.05) is 0 Å². The van der Waals surface area contributed by atoms with Crippen molar-refractivity contribution in [2.24, 2.45) is 0 Å². The molecule has 1 aromatic carbocycles. The van der Waals surface area contributed by atoms with Gasteiger partial charge in [0.2, 0.25) is 0 Å². The van der Waals surface area contributed by atoms with Crippen LogP contribution in [0.5, 0.6) is 0 Å². The first-order valence-corrected chi connectivity index (χ1v) is 4.68. The van der Waals surface area contributed by atoms with E-state index in [9.17, 15) is 13.2 Å². The third kappa shape index (κ3) is 1.62. The number of nitrogens with two attached hydrogens (primary N) is 2. The third-order valence-electron chi connectivity index (χ3n) is 1.66. The van der Waals surface area contributed by atoms with Crippen LogP contribution in [0.1, 0.15) is 10.4 Å². The van der Waals surface area contributed by atoms with Crippen LogP contribution < -0.4 is 11.5 Å². The van der Waals surface area contributed by atoms with Gasteiger partial charge in [0.15, 0.2) is 10.7 Å². The molecular formula is C7H8N2O4S. The molecule has 0 heterocycles. The first kappa shape index (κ1) is 10.3. The average molecular weight is 216 g/mol. The molecule has 1 aromatic rings. The second kappa shape index (κ2) is 3.54. The number of carboxylic acids is 1. The number of anilines is 2. The molecule has 76 valence electrons. The van der Waals surface area contributed by atoms with Crippen LogP contribution in [-0.4, -0.2) is 19.5 Å². The molecule has 0 unspecified atom stereocenters. The van der Waals surface area contributed by atoms with Gasteiger partial charge < -0.3 is 16.6 Å². The van der Waals surface area contributed by atoms with Gasteiger partial charge in [-0.15, -0.1) is 0 Å². The Bertz CT molecular complexity index is 459. The van der Waals surface area contributed by atoms with Gasteiger partial charge in [0.1, 0.15) is 4.90 Å². The lowest BCUT2D eigenvalue weighted by Crippen LogP contribution is -2.07. The van der Waals surface area contributed by atoms with Gasteiger partial charge in [-0.05, 0) is 12.1 Å². The second-order valence-electron chi connectivity index (χ2n) is 2.53. The van der Waals surface area contributed by atoms with Crippen LogP contribution in [0.3, 0.4) is 0 Å². The molecular weight excluding hydrogens is 208 g/mol. The highest BCUT2D eigenvalue weighted by Gasteiger charge is 2.16. The highest BCUT2D eigenvalue weighted by molar-refractivity contribution is 7.72. The van der Waals surface area contributed by atoms with E-state index in [1.54, 1.807) is 0 Å². The molecule has 1 rings (SSSR count). The first-order chi connectivity index (χ1) is 6.45. The summed E-state index contributed by atoms with van der Waals surface area (Å²) in [4.78, 5) is 10.2. The predicted molar refractivity (Wildman–Crippen MR) is 50.8 cm³/mol. The highest BCUT2D eigenvalue weighted by atomic mass is 32.2. The monoisotopic (exact) mass is 216 g/mol. The van der Waals surface area contributed by atoms with Crippen molar-refractivity contribution in [1.82, 2.24) is 0 Å². The van der Waals surface area contributed by atoms with Crippen LogP contribution in [0.15, 0.2) is 17.0 Å². The smallest absolute Gasteiger partial charge is 0.337 e. The standard InChI is InChI=1S/C7H8N2O4S/c8-4-2-1-3(7(10)11)6(5(4)9)14(12)13/h1-2,14H,8-9H2,(H,10,11). The van der Waals surface area contributed by atoms with E-state index in [1.807, 2.05) is 0 Å². The summed E-state index contributed by atoms with van der Waals surface area (Å²) < 4.78 is 21.5. The normalized spacial score (nSPS) is 10.4. The summed E-state index contributed by atoms with van der Waals surface area (Å²) in [5.41, 5.74) is 10.1. The van der Waals surface area contributed by atoms with Gasteiger partial charge in [-0.25, -0.2) is 13.2 Å². The number of carbonyl (C=O) groups is 1. The van der Waals surface area contributed by atoms with Crippen LogP contribution in [0.25, 0.3) is 0 Å². The minimum absolute atomic E-state index is 0.0456. The molecule has 0 aromatic heterocycles. The van der Waals surface area contributed by atoms with Crippen molar-refractivity contribution in [3.8, 4) is 0 Å². The average Bonchev–Trinajstić information content (AvgIpc) is 2.08. The Morgan fingerprint density at radius 1 is 1.29 bits per heavy atom. The molecule has 0 saturated carbocycles. The summed E-state index contributed by atoms with van der Waals surface area (Å²) >= 11 is 0. The number of benzene rings is 1. The van der Waals surface area contributed by atoms with Crippen molar-refractivity contribution in [3.63, 3.8) is 0 Å². The van der Waals surface area contributed by atoms with E-state index >= 15 is 0 Å². The lowest BCUT2D eigenvalue weighted by atomic mass is 10.2. The van der Waals surface area contributed by atoms with Crippen LogP contribution in [-0.2, 0) is 10.7 Å². The molecule has 0 fully saturated rings. The van der Waals surface area contributed by atoms with Gasteiger partial charge in [-0.1, -0.05) is 0 Å². The van der Waals surface area contributed by atoms with Crippen LogP contribution in [0, 0.1) is 0 Å². The highest BCUT2D eigenvalue weighted by Crippen LogP contribution is 2.25. The van der Waals surface area contributed by atoms with Crippen molar-refractivity contribution in [3.05, 3.63) is 17.7 Å². The molecule has 0 amide bonds. The van der Waals surface area contributed by atoms with Gasteiger partial charge in [-0.2, -0.15) is 0 Å². The maximum absolute atomic E-state index is 10.7. The first-order valence-electron chi connectivity index (χ1n) is 3.50. The van der Waals surface area contributed by atoms with Crippen molar-refractivity contribution in [1.29, 1.82) is 0 Å². The van der Waals surface area contributed by atoms with E-state index in [0.29, 0.717) is 0 Å². The molecule has 0 aliphatic rings. The van der Waals surface area contributed by atoms with Gasteiger partial charge in [0.05, 0.1) is 16.9 Å². The largest absolute Gasteiger partial charge is 0.478 e. The zero-order valence-electron chi connectivity index (χ0n) is 6.93. The molecule has 0 aliphatic carbocycles. The fourth-order valence-electron chi connectivity index (χ4n) is 0.993. The number of hydrogen-bond donors (Lipinski definition) is 4. The fraction of sp³-hybridized carbons (Fsp3) is 0. The molecule has 7 heteroatoms. The van der Waals surface area contributed by atoms with Crippen LogP contribution in [0.2, 0.25) is 0 Å². The van der Waals surface area contributed by atoms with E-state index < -0.39 is 21.6 Å². The summed E-state index contributed by atoms with van der Waals surface area (Å²) in [6.45, 7) is 0. The molecule has 14 heavy (non-hydrogen) atoms. The van der Waals surface area contributed by atoms with Crippen molar-refractivity contribution in [2.45, 2.75) is 4.90 Å².